The van der Waals surface area contributed by atoms with E-state index in [1.165, 1.54) is 0 Å². The van der Waals surface area contributed by atoms with Crippen LogP contribution in [0.25, 0.3) is 0 Å². The lowest BCUT2D eigenvalue weighted by molar-refractivity contribution is 1.04. The van der Waals surface area contributed by atoms with Gasteiger partial charge < -0.3 is 0 Å². The molecule has 0 bridgehead atoms. The first-order chi connectivity index (χ1) is 8.24. The van der Waals surface area contributed by atoms with Crippen LogP contribution in [0.4, 0.5) is 5.82 Å². The zero-order chi connectivity index (χ0) is 12.1. The van der Waals surface area contributed by atoms with Crippen LogP contribution in [0.3, 0.4) is 0 Å². The van der Waals surface area contributed by atoms with Gasteiger partial charge >= 0.3 is 0 Å². The summed E-state index contributed by atoms with van der Waals surface area (Å²) in [5.74, 6) is 1.15. The fourth-order valence-corrected chi connectivity index (χ4v) is 1.44. The Morgan fingerprint density at radius 1 is 1.41 bits per heavy atom. The summed E-state index contributed by atoms with van der Waals surface area (Å²) in [5.41, 5.74) is 3.68. The van der Waals surface area contributed by atoms with Gasteiger partial charge in [0.2, 0.25) is 0 Å². The van der Waals surface area contributed by atoms with Crippen LogP contribution in [0.5, 0.6) is 0 Å². The highest BCUT2D eigenvalue weighted by Crippen LogP contribution is 2.10. The van der Waals surface area contributed by atoms with Crippen LogP contribution in [0.2, 0.25) is 5.15 Å². The van der Waals surface area contributed by atoms with E-state index in [4.69, 9.17) is 11.6 Å². The molecule has 6 heteroatoms. The largest absolute Gasteiger partial charge is 0.264 e. The van der Waals surface area contributed by atoms with Crippen molar-refractivity contribution in [1.29, 1.82) is 0 Å². The van der Waals surface area contributed by atoms with E-state index >= 15 is 0 Å². The Hall–Kier alpha value is -2.01. The molecule has 0 saturated heterocycles. The predicted molar refractivity (Wildman–Crippen MR) is 67.2 cm³/mol. The molecule has 0 aromatic carbocycles. The lowest BCUT2D eigenvalue weighted by Gasteiger charge is -2.00. The molecule has 0 atom stereocenters. The number of halogens is 1. The lowest BCUT2D eigenvalue weighted by atomic mass is 10.3. The van der Waals surface area contributed by atoms with Crippen LogP contribution in [0.1, 0.15) is 11.4 Å². The molecule has 2 aromatic heterocycles. The molecule has 1 N–H and O–H groups in total. The molecule has 0 aliphatic carbocycles. The van der Waals surface area contributed by atoms with Gasteiger partial charge in [-0.2, -0.15) is 5.10 Å². The van der Waals surface area contributed by atoms with Gasteiger partial charge in [-0.25, -0.2) is 9.97 Å². The summed E-state index contributed by atoms with van der Waals surface area (Å²) in [6.07, 6.45) is 5.07. The molecular weight excluding hydrogens is 238 g/mol. The van der Waals surface area contributed by atoms with Gasteiger partial charge in [-0.3, -0.25) is 10.4 Å². The van der Waals surface area contributed by atoms with Crippen molar-refractivity contribution < 1.29 is 0 Å². The van der Waals surface area contributed by atoms with Crippen molar-refractivity contribution in [2.24, 2.45) is 5.10 Å². The van der Waals surface area contributed by atoms with E-state index in [1.807, 2.05) is 12.1 Å². The maximum absolute atomic E-state index is 5.79. The smallest absolute Gasteiger partial charge is 0.151 e. The number of anilines is 1. The second kappa shape index (κ2) is 5.36. The van der Waals surface area contributed by atoms with Gasteiger partial charge in [0.05, 0.1) is 6.21 Å². The van der Waals surface area contributed by atoms with Gasteiger partial charge in [0.25, 0.3) is 0 Å². The minimum atomic E-state index is 0.386. The van der Waals surface area contributed by atoms with E-state index in [2.05, 4.69) is 25.5 Å². The van der Waals surface area contributed by atoms with E-state index in [9.17, 15) is 0 Å². The molecule has 0 amide bonds. The third-order valence-electron chi connectivity index (χ3n) is 1.88. The summed E-state index contributed by atoms with van der Waals surface area (Å²) in [7, 11) is 0. The molecule has 0 saturated carbocycles. The number of rotatable bonds is 3. The monoisotopic (exact) mass is 247 g/mol. The summed E-state index contributed by atoms with van der Waals surface area (Å²) in [5, 5.41) is 4.42. The van der Waals surface area contributed by atoms with Crippen molar-refractivity contribution in [3.63, 3.8) is 0 Å². The van der Waals surface area contributed by atoms with Crippen LogP contribution < -0.4 is 5.43 Å². The quantitative estimate of drug-likeness (QED) is 0.513. The number of nitrogens with zero attached hydrogens (tertiary/aromatic N) is 4. The summed E-state index contributed by atoms with van der Waals surface area (Å²) < 4.78 is 0. The first kappa shape index (κ1) is 11.5. The molecule has 0 spiro atoms. The molecule has 17 heavy (non-hydrogen) atoms. The topological polar surface area (TPSA) is 63.1 Å². The van der Waals surface area contributed by atoms with Crippen LogP contribution in [-0.2, 0) is 0 Å². The molecule has 2 heterocycles. The molecule has 0 radical (unpaired) electrons. The van der Waals surface area contributed by atoms with Crippen LogP contribution in [-0.4, -0.2) is 21.2 Å². The van der Waals surface area contributed by atoms with Crippen molar-refractivity contribution >= 4 is 23.6 Å². The normalized spacial score (nSPS) is 10.7. The number of hydrogen-bond donors (Lipinski definition) is 1. The Balaban J connectivity index is 2.05. The van der Waals surface area contributed by atoms with Crippen molar-refractivity contribution in [2.45, 2.75) is 6.92 Å². The molecule has 0 unspecified atom stereocenters. The van der Waals surface area contributed by atoms with E-state index in [1.54, 1.807) is 31.6 Å². The number of aromatic nitrogens is 3. The van der Waals surface area contributed by atoms with Crippen molar-refractivity contribution in [3.05, 3.63) is 47.1 Å². The van der Waals surface area contributed by atoms with Crippen molar-refractivity contribution in [2.75, 3.05) is 5.43 Å². The molecule has 86 valence electrons. The Kier molecular flexibility index (Phi) is 3.62. The molecule has 2 rings (SSSR count). The Morgan fingerprint density at radius 2 is 2.29 bits per heavy atom. The van der Waals surface area contributed by atoms with E-state index < -0.39 is 0 Å². The number of nitrogens with one attached hydrogen (secondary N) is 1. The van der Waals surface area contributed by atoms with Gasteiger partial charge in [0, 0.05) is 24.0 Å². The molecular formula is C11H10ClN5. The second-order valence-electron chi connectivity index (χ2n) is 3.28. The maximum Gasteiger partial charge on any atom is 0.151 e. The van der Waals surface area contributed by atoms with Gasteiger partial charge in [-0.1, -0.05) is 17.7 Å². The van der Waals surface area contributed by atoms with Crippen LogP contribution in [0, 0.1) is 6.92 Å². The van der Waals surface area contributed by atoms with Gasteiger partial charge in [0.15, 0.2) is 5.82 Å². The number of hydrogen-bond acceptors (Lipinski definition) is 5. The minimum Gasteiger partial charge on any atom is -0.264 e. The Bertz CT molecular complexity index is 506. The van der Waals surface area contributed by atoms with E-state index in [-0.39, 0.29) is 0 Å². The summed E-state index contributed by atoms with van der Waals surface area (Å²) >= 11 is 5.79. The average molecular weight is 248 g/mol. The first-order valence-electron chi connectivity index (χ1n) is 4.94. The minimum absolute atomic E-state index is 0.386. The standard InChI is InChI=1S/C11H10ClN5/c1-8-15-10(12)5-11(16-8)17-14-7-9-3-2-4-13-6-9/h2-7H,1H3,(H,15,16,17). The Labute approximate surface area is 104 Å². The summed E-state index contributed by atoms with van der Waals surface area (Å²) in [6.45, 7) is 1.77. The number of aryl methyl sites for hydroxylation is 1. The lowest BCUT2D eigenvalue weighted by Crippen LogP contribution is -1.97. The summed E-state index contributed by atoms with van der Waals surface area (Å²) in [4.78, 5) is 12.1. The van der Waals surface area contributed by atoms with Gasteiger partial charge in [-0.05, 0) is 13.0 Å². The molecule has 5 nitrogen and oxygen atoms in total. The number of pyridine rings is 1. The van der Waals surface area contributed by atoms with Crippen LogP contribution >= 0.6 is 11.6 Å². The van der Waals surface area contributed by atoms with Crippen LogP contribution in [0.15, 0.2) is 35.7 Å². The van der Waals surface area contributed by atoms with Crippen molar-refractivity contribution in [1.82, 2.24) is 15.0 Å². The SMILES string of the molecule is Cc1nc(Cl)cc(NN=Cc2cccnc2)n1. The fourth-order valence-electron chi connectivity index (χ4n) is 1.21. The van der Waals surface area contributed by atoms with Crippen molar-refractivity contribution in [3.8, 4) is 0 Å². The average Bonchev–Trinajstić information content (AvgIpc) is 2.29. The molecule has 2 aromatic rings. The number of hydrazone groups is 1. The third-order valence-corrected chi connectivity index (χ3v) is 2.08. The maximum atomic E-state index is 5.79. The second-order valence-corrected chi connectivity index (χ2v) is 3.67. The molecule has 0 aliphatic heterocycles. The molecule has 0 aliphatic rings. The van der Waals surface area contributed by atoms with E-state index in [0.29, 0.717) is 16.8 Å². The third kappa shape index (κ3) is 3.49. The predicted octanol–water partition coefficient (Wildman–Crippen LogP) is 2.28. The highest BCUT2D eigenvalue weighted by atomic mass is 35.5. The zero-order valence-corrected chi connectivity index (χ0v) is 9.89. The van der Waals surface area contributed by atoms with Gasteiger partial charge in [0.1, 0.15) is 11.0 Å². The highest BCUT2D eigenvalue weighted by Gasteiger charge is 1.97. The molecule has 0 fully saturated rings. The van der Waals surface area contributed by atoms with E-state index in [0.717, 1.165) is 5.56 Å². The highest BCUT2D eigenvalue weighted by molar-refractivity contribution is 6.29. The first-order valence-corrected chi connectivity index (χ1v) is 5.32. The van der Waals surface area contributed by atoms with Gasteiger partial charge in [-0.15, -0.1) is 0 Å². The zero-order valence-electron chi connectivity index (χ0n) is 9.13. The summed E-state index contributed by atoms with van der Waals surface area (Å²) in [6, 6.07) is 5.35. The Morgan fingerprint density at radius 3 is 3.00 bits per heavy atom. The fraction of sp³-hybridized carbons (Fsp3) is 0.0909.